The predicted molar refractivity (Wildman–Crippen MR) is 111 cm³/mol. The molecule has 3 aromatic rings. The van der Waals surface area contributed by atoms with Crippen LogP contribution in [0.15, 0.2) is 71.8 Å². The monoisotopic (exact) mass is 431 g/mol. The maximum Gasteiger partial charge on any atom is 0.255 e. The van der Waals surface area contributed by atoms with E-state index in [-0.39, 0.29) is 22.0 Å². The number of nitrogens with one attached hydrogen (secondary N) is 2. The Labute approximate surface area is 173 Å². The number of sulfonamides is 1. The molecule has 0 saturated heterocycles. The van der Waals surface area contributed by atoms with Crippen LogP contribution in [0.25, 0.3) is 0 Å². The second-order valence-electron chi connectivity index (χ2n) is 6.00. The van der Waals surface area contributed by atoms with Gasteiger partial charge in [0.25, 0.3) is 5.91 Å². The Kier molecular flexibility index (Phi) is 6.48. The molecule has 150 valence electrons. The van der Waals surface area contributed by atoms with Crippen LogP contribution in [0.1, 0.15) is 15.9 Å². The number of rotatable bonds is 7. The number of carbonyl (C=O) groups excluding carboxylic acids is 1. The lowest BCUT2D eigenvalue weighted by atomic mass is 10.2. The first-order valence-corrected chi connectivity index (χ1v) is 10.4. The van der Waals surface area contributed by atoms with Crippen LogP contribution in [-0.4, -0.2) is 26.4 Å². The molecule has 3 rings (SSSR count). The topological polar surface area (TPSA) is 97.4 Å². The van der Waals surface area contributed by atoms with Gasteiger partial charge < -0.3 is 10.1 Å². The van der Waals surface area contributed by atoms with Crippen molar-refractivity contribution in [2.45, 2.75) is 11.4 Å². The van der Waals surface area contributed by atoms with Gasteiger partial charge in [0.15, 0.2) is 0 Å². The van der Waals surface area contributed by atoms with Gasteiger partial charge in [-0.3, -0.25) is 4.79 Å². The molecular formula is C20H18ClN3O4S. The summed E-state index contributed by atoms with van der Waals surface area (Å²) in [6, 6.07) is 16.4. The molecule has 0 radical (unpaired) electrons. The summed E-state index contributed by atoms with van der Waals surface area (Å²) in [5.41, 5.74) is 1.38. The Hall–Kier alpha value is -2.94. The fourth-order valence-electron chi connectivity index (χ4n) is 2.48. The van der Waals surface area contributed by atoms with Gasteiger partial charge >= 0.3 is 0 Å². The van der Waals surface area contributed by atoms with Crippen molar-refractivity contribution in [3.8, 4) is 5.88 Å². The number of hydrogen-bond acceptors (Lipinski definition) is 5. The summed E-state index contributed by atoms with van der Waals surface area (Å²) in [7, 11) is -2.43. The smallest absolute Gasteiger partial charge is 0.255 e. The highest BCUT2D eigenvalue weighted by Gasteiger charge is 2.20. The predicted octanol–water partition coefficient (Wildman–Crippen LogP) is 3.47. The van der Waals surface area contributed by atoms with Crippen LogP contribution in [0.2, 0.25) is 5.02 Å². The minimum absolute atomic E-state index is 0.0215. The molecule has 0 atom stereocenters. The molecule has 7 nitrogen and oxygen atoms in total. The van der Waals surface area contributed by atoms with Crippen molar-refractivity contribution in [3.63, 3.8) is 0 Å². The number of carbonyl (C=O) groups is 1. The van der Waals surface area contributed by atoms with Gasteiger partial charge in [0, 0.05) is 18.2 Å². The van der Waals surface area contributed by atoms with Gasteiger partial charge in [-0.1, -0.05) is 41.9 Å². The number of hydrogen-bond donors (Lipinski definition) is 2. The fourth-order valence-corrected chi connectivity index (χ4v) is 4.02. The number of ether oxygens (including phenoxy) is 1. The Bertz CT molecular complexity index is 1100. The average Bonchev–Trinajstić information content (AvgIpc) is 2.74. The number of benzene rings is 2. The molecule has 2 N–H and O–H groups in total. The van der Waals surface area contributed by atoms with Crippen molar-refractivity contribution in [2.24, 2.45) is 0 Å². The maximum atomic E-state index is 12.7. The molecule has 1 aromatic heterocycles. The standard InChI is InChI=1S/C20H18ClN3O4S/c1-28-19-10-8-16(13-22-19)24-20(25)15-7-9-17(21)18(11-15)29(26,27)23-12-14-5-3-2-4-6-14/h2-11,13,23H,12H2,1H3,(H,24,25). The van der Waals surface area contributed by atoms with E-state index in [2.05, 4.69) is 15.0 Å². The van der Waals surface area contributed by atoms with Gasteiger partial charge in [0.2, 0.25) is 15.9 Å². The third kappa shape index (κ3) is 5.32. The van der Waals surface area contributed by atoms with Crippen LogP contribution in [0.5, 0.6) is 5.88 Å². The second kappa shape index (κ2) is 9.04. The SMILES string of the molecule is COc1ccc(NC(=O)c2ccc(Cl)c(S(=O)(=O)NCc3ccccc3)c2)cn1. The van der Waals surface area contributed by atoms with Crippen LogP contribution < -0.4 is 14.8 Å². The highest BCUT2D eigenvalue weighted by molar-refractivity contribution is 7.89. The molecule has 1 amide bonds. The van der Waals surface area contributed by atoms with E-state index in [1.54, 1.807) is 24.3 Å². The molecule has 0 spiro atoms. The molecule has 0 saturated carbocycles. The minimum atomic E-state index is -3.92. The van der Waals surface area contributed by atoms with E-state index in [4.69, 9.17) is 16.3 Å². The van der Waals surface area contributed by atoms with Gasteiger partial charge in [0.05, 0.1) is 24.0 Å². The first-order valence-electron chi connectivity index (χ1n) is 8.53. The van der Waals surface area contributed by atoms with Crippen LogP contribution >= 0.6 is 11.6 Å². The van der Waals surface area contributed by atoms with E-state index >= 15 is 0 Å². The van der Waals surface area contributed by atoms with Gasteiger partial charge in [0.1, 0.15) is 4.90 Å². The number of nitrogens with zero attached hydrogens (tertiary/aromatic N) is 1. The van der Waals surface area contributed by atoms with Crippen molar-refractivity contribution in [3.05, 3.63) is 83.0 Å². The maximum absolute atomic E-state index is 12.7. The highest BCUT2D eigenvalue weighted by atomic mass is 35.5. The number of halogens is 1. The Morgan fingerprint density at radius 3 is 2.52 bits per heavy atom. The van der Waals surface area contributed by atoms with Crippen LogP contribution in [0, 0.1) is 0 Å². The van der Waals surface area contributed by atoms with E-state index in [9.17, 15) is 13.2 Å². The number of methoxy groups -OCH3 is 1. The van der Waals surface area contributed by atoms with Crippen molar-refractivity contribution < 1.29 is 17.9 Å². The summed E-state index contributed by atoms with van der Waals surface area (Å²) < 4.78 is 32.8. The zero-order valence-corrected chi connectivity index (χ0v) is 17.0. The molecule has 0 unspecified atom stereocenters. The van der Waals surface area contributed by atoms with Crippen molar-refractivity contribution >= 4 is 33.2 Å². The average molecular weight is 432 g/mol. The number of amides is 1. The molecule has 1 heterocycles. The Morgan fingerprint density at radius 2 is 1.86 bits per heavy atom. The lowest BCUT2D eigenvalue weighted by Gasteiger charge is -2.11. The highest BCUT2D eigenvalue weighted by Crippen LogP contribution is 2.23. The van der Waals surface area contributed by atoms with Gasteiger partial charge in [-0.2, -0.15) is 0 Å². The summed E-state index contributed by atoms with van der Waals surface area (Å²) in [5.74, 6) is -0.0829. The van der Waals surface area contributed by atoms with E-state index in [0.29, 0.717) is 11.6 Å². The zero-order valence-electron chi connectivity index (χ0n) is 15.4. The van der Waals surface area contributed by atoms with Crippen molar-refractivity contribution in [1.82, 2.24) is 9.71 Å². The third-order valence-electron chi connectivity index (χ3n) is 4.00. The van der Waals surface area contributed by atoms with Crippen LogP contribution in [0.4, 0.5) is 5.69 Å². The first-order chi connectivity index (χ1) is 13.9. The lowest BCUT2D eigenvalue weighted by Crippen LogP contribution is -2.24. The number of aromatic nitrogens is 1. The first kappa shape index (κ1) is 20.8. The Morgan fingerprint density at radius 1 is 1.10 bits per heavy atom. The molecule has 0 aliphatic heterocycles. The largest absolute Gasteiger partial charge is 0.481 e. The van der Waals surface area contributed by atoms with Gasteiger partial charge in [-0.15, -0.1) is 0 Å². The summed E-state index contributed by atoms with van der Waals surface area (Å²) in [6.07, 6.45) is 1.44. The summed E-state index contributed by atoms with van der Waals surface area (Å²) >= 11 is 6.09. The molecule has 0 aliphatic carbocycles. The molecule has 29 heavy (non-hydrogen) atoms. The van der Waals surface area contributed by atoms with Crippen molar-refractivity contribution in [2.75, 3.05) is 12.4 Å². The Balaban J connectivity index is 1.78. The molecular weight excluding hydrogens is 414 g/mol. The summed E-state index contributed by atoms with van der Waals surface area (Å²) in [6.45, 7) is 0.105. The molecule has 9 heteroatoms. The number of anilines is 1. The third-order valence-corrected chi connectivity index (χ3v) is 5.88. The van der Waals surface area contributed by atoms with E-state index in [1.165, 1.54) is 31.5 Å². The van der Waals surface area contributed by atoms with Crippen molar-refractivity contribution in [1.29, 1.82) is 0 Å². The van der Waals surface area contributed by atoms with E-state index < -0.39 is 15.9 Å². The van der Waals surface area contributed by atoms with Crippen LogP contribution in [-0.2, 0) is 16.6 Å². The normalized spacial score (nSPS) is 11.1. The number of pyridine rings is 1. The van der Waals surface area contributed by atoms with Crippen LogP contribution in [0.3, 0.4) is 0 Å². The van der Waals surface area contributed by atoms with Gasteiger partial charge in [-0.25, -0.2) is 18.1 Å². The van der Waals surface area contributed by atoms with E-state index in [0.717, 1.165) is 5.56 Å². The zero-order chi connectivity index (χ0) is 20.9. The van der Waals surface area contributed by atoms with E-state index in [1.807, 2.05) is 18.2 Å². The molecule has 0 aliphatic rings. The molecule has 0 bridgehead atoms. The fraction of sp³-hybridized carbons (Fsp3) is 0.100. The van der Waals surface area contributed by atoms with Gasteiger partial charge in [-0.05, 0) is 29.8 Å². The molecule has 2 aromatic carbocycles. The molecule has 0 fully saturated rings. The minimum Gasteiger partial charge on any atom is -0.481 e. The summed E-state index contributed by atoms with van der Waals surface area (Å²) in [4.78, 5) is 16.3. The second-order valence-corrected chi connectivity index (χ2v) is 8.14. The quantitative estimate of drug-likeness (QED) is 0.597. The lowest BCUT2D eigenvalue weighted by molar-refractivity contribution is 0.102. The summed E-state index contributed by atoms with van der Waals surface area (Å²) in [5, 5.41) is 2.67.